The van der Waals surface area contributed by atoms with Crippen molar-refractivity contribution in [2.75, 3.05) is 20.1 Å². The van der Waals surface area contributed by atoms with Crippen molar-refractivity contribution in [1.29, 1.82) is 0 Å². The number of hydrogen-bond donors (Lipinski definition) is 3. The summed E-state index contributed by atoms with van der Waals surface area (Å²) in [6.45, 7) is 4.82. The van der Waals surface area contributed by atoms with Crippen molar-refractivity contribution >= 4 is 29.3 Å². The van der Waals surface area contributed by atoms with Crippen LogP contribution in [0.4, 0.5) is 0 Å². The molecule has 0 unspecified atom stereocenters. The molecule has 1 saturated heterocycles. The van der Waals surface area contributed by atoms with Gasteiger partial charge in [0.2, 0.25) is 5.91 Å². The molecule has 1 saturated carbocycles. The van der Waals surface area contributed by atoms with E-state index in [1.807, 2.05) is 30.9 Å². The number of amides is 3. The third kappa shape index (κ3) is 5.53. The number of rotatable bonds is 5. The number of carbonyl (C=O) groups is 3. The fraction of sp³-hybridized carbons (Fsp3) is 0.483. The van der Waals surface area contributed by atoms with Gasteiger partial charge in [-0.15, -0.1) is 0 Å². The molecular formula is C29H36ClN3O4. The molecule has 3 amide bonds. The maximum atomic E-state index is 13.8. The van der Waals surface area contributed by atoms with Crippen LogP contribution in [-0.4, -0.2) is 53.9 Å². The molecule has 2 aliphatic rings. The van der Waals surface area contributed by atoms with E-state index >= 15 is 0 Å². The van der Waals surface area contributed by atoms with Crippen molar-refractivity contribution in [3.05, 3.63) is 70.2 Å². The van der Waals surface area contributed by atoms with Gasteiger partial charge in [0, 0.05) is 47.7 Å². The van der Waals surface area contributed by atoms with Gasteiger partial charge in [-0.3, -0.25) is 14.4 Å². The van der Waals surface area contributed by atoms with Crippen LogP contribution in [0.15, 0.2) is 48.5 Å². The summed E-state index contributed by atoms with van der Waals surface area (Å²) in [4.78, 5) is 40.7. The van der Waals surface area contributed by atoms with E-state index in [4.69, 9.17) is 11.6 Å². The van der Waals surface area contributed by atoms with E-state index < -0.39 is 11.0 Å². The van der Waals surface area contributed by atoms with Crippen molar-refractivity contribution in [2.24, 2.45) is 11.3 Å². The van der Waals surface area contributed by atoms with Crippen molar-refractivity contribution in [3.8, 4) is 0 Å². The van der Waals surface area contributed by atoms with E-state index in [0.29, 0.717) is 42.1 Å². The van der Waals surface area contributed by atoms with Gasteiger partial charge in [-0.05, 0) is 55.2 Å². The monoisotopic (exact) mass is 525 g/mol. The predicted molar refractivity (Wildman–Crippen MR) is 143 cm³/mol. The number of aliphatic hydroxyl groups is 1. The van der Waals surface area contributed by atoms with E-state index in [0.717, 1.165) is 24.8 Å². The van der Waals surface area contributed by atoms with Crippen molar-refractivity contribution < 1.29 is 19.5 Å². The number of likely N-dealkylation sites (tertiary alicyclic amines) is 1. The normalized spacial score (nSPS) is 25.3. The second-order valence-corrected chi connectivity index (χ2v) is 11.3. The predicted octanol–water partition coefficient (Wildman–Crippen LogP) is 4.13. The van der Waals surface area contributed by atoms with Gasteiger partial charge in [0.05, 0.1) is 11.5 Å². The highest BCUT2D eigenvalue weighted by atomic mass is 35.5. The summed E-state index contributed by atoms with van der Waals surface area (Å²) >= 11 is 6.05. The Bertz CT molecular complexity index is 1170. The molecule has 0 aromatic heterocycles. The lowest BCUT2D eigenvalue weighted by Gasteiger charge is -2.51. The van der Waals surface area contributed by atoms with Crippen molar-refractivity contribution in [2.45, 2.75) is 57.6 Å². The number of hydrogen-bond acceptors (Lipinski definition) is 4. The molecule has 8 heteroatoms. The Morgan fingerprint density at radius 3 is 2.30 bits per heavy atom. The first-order chi connectivity index (χ1) is 17.6. The Hall–Kier alpha value is -2.90. The Kier molecular flexibility index (Phi) is 7.95. The summed E-state index contributed by atoms with van der Waals surface area (Å²) < 4.78 is 0. The summed E-state index contributed by atoms with van der Waals surface area (Å²) in [5.74, 6) is -0.842. The van der Waals surface area contributed by atoms with E-state index in [1.165, 1.54) is 0 Å². The SMILES string of the molecule is CNC(=O)c1cccc(C(=O)N[C@@H]2CCCC[C@@H]2C(=O)N2CC[C@](O)(c3ccc(Cl)cc3)C(C)(C)C2)c1. The smallest absolute Gasteiger partial charge is 0.251 e. The maximum Gasteiger partial charge on any atom is 0.251 e. The van der Waals surface area contributed by atoms with Crippen LogP contribution in [0.1, 0.15) is 72.2 Å². The molecule has 1 aliphatic carbocycles. The molecule has 0 radical (unpaired) electrons. The highest BCUT2D eigenvalue weighted by Gasteiger charge is 2.50. The molecule has 4 rings (SSSR count). The first-order valence-corrected chi connectivity index (χ1v) is 13.3. The lowest BCUT2D eigenvalue weighted by Crippen LogP contribution is -2.59. The molecule has 7 nitrogen and oxygen atoms in total. The number of halogens is 1. The van der Waals surface area contributed by atoms with Crippen molar-refractivity contribution in [3.63, 3.8) is 0 Å². The molecule has 2 aromatic rings. The number of benzene rings is 2. The maximum absolute atomic E-state index is 13.8. The molecule has 0 spiro atoms. The molecular weight excluding hydrogens is 490 g/mol. The highest BCUT2D eigenvalue weighted by molar-refractivity contribution is 6.30. The number of carbonyl (C=O) groups excluding carboxylic acids is 3. The topological polar surface area (TPSA) is 98.7 Å². The van der Waals surface area contributed by atoms with Gasteiger partial charge in [0.1, 0.15) is 0 Å². The Labute approximate surface area is 223 Å². The molecule has 198 valence electrons. The van der Waals surface area contributed by atoms with Crippen LogP contribution in [0.2, 0.25) is 5.02 Å². The van der Waals surface area contributed by atoms with Crippen LogP contribution < -0.4 is 10.6 Å². The minimum absolute atomic E-state index is 0.0235. The standard InChI is InChI=1S/C29H36ClN3O4/c1-28(2)18-33(16-15-29(28,37)21-11-13-22(30)14-12-21)27(36)23-9-4-5-10-24(23)32-26(35)20-8-6-7-19(17-20)25(34)31-3/h6-8,11-14,17,23-24,37H,4-5,9-10,15-16,18H2,1-3H3,(H,31,34)(H,32,35)/t23-,24+,29-/m0/s1. The fourth-order valence-electron chi connectivity index (χ4n) is 5.80. The van der Waals surface area contributed by atoms with E-state index in [2.05, 4.69) is 10.6 Å². The molecule has 0 bridgehead atoms. The Balaban J connectivity index is 1.47. The molecule has 1 heterocycles. The summed E-state index contributed by atoms with van der Waals surface area (Å²) in [6.07, 6.45) is 3.72. The van der Waals surface area contributed by atoms with Gasteiger partial charge in [0.15, 0.2) is 0 Å². The van der Waals surface area contributed by atoms with Gasteiger partial charge < -0.3 is 20.6 Å². The molecule has 3 N–H and O–H groups in total. The van der Waals surface area contributed by atoms with Gasteiger partial charge in [-0.1, -0.05) is 56.5 Å². The summed E-state index contributed by atoms with van der Waals surface area (Å²) in [5, 5.41) is 17.9. The van der Waals surface area contributed by atoms with E-state index in [1.54, 1.807) is 43.4 Å². The third-order valence-electron chi connectivity index (χ3n) is 8.10. The van der Waals surface area contributed by atoms with Gasteiger partial charge in [-0.2, -0.15) is 0 Å². The van der Waals surface area contributed by atoms with E-state index in [9.17, 15) is 19.5 Å². The van der Waals surface area contributed by atoms with Gasteiger partial charge in [-0.25, -0.2) is 0 Å². The first kappa shape index (κ1) is 27.1. The Morgan fingerprint density at radius 1 is 1.00 bits per heavy atom. The lowest BCUT2D eigenvalue weighted by atomic mass is 9.66. The number of nitrogens with one attached hydrogen (secondary N) is 2. The minimum atomic E-state index is -1.08. The lowest BCUT2D eigenvalue weighted by molar-refractivity contribution is -0.158. The average Bonchev–Trinajstić information content (AvgIpc) is 2.90. The third-order valence-corrected chi connectivity index (χ3v) is 8.35. The second-order valence-electron chi connectivity index (χ2n) is 10.9. The van der Waals surface area contributed by atoms with E-state index in [-0.39, 0.29) is 29.7 Å². The summed E-state index contributed by atoms with van der Waals surface area (Å²) in [6, 6.07) is 13.6. The van der Waals surface area contributed by atoms with Crippen molar-refractivity contribution in [1.82, 2.24) is 15.5 Å². The molecule has 1 aliphatic heterocycles. The zero-order chi connectivity index (χ0) is 26.8. The second kappa shape index (κ2) is 10.8. The zero-order valence-electron chi connectivity index (χ0n) is 21.7. The van der Waals surface area contributed by atoms with Crippen LogP contribution in [0.5, 0.6) is 0 Å². The fourth-order valence-corrected chi connectivity index (χ4v) is 5.93. The largest absolute Gasteiger partial charge is 0.384 e. The van der Waals surface area contributed by atoms with Gasteiger partial charge in [0.25, 0.3) is 11.8 Å². The molecule has 2 fully saturated rings. The van der Waals surface area contributed by atoms with Gasteiger partial charge >= 0.3 is 0 Å². The van der Waals surface area contributed by atoms with Crippen LogP contribution in [0.3, 0.4) is 0 Å². The number of piperidine rings is 1. The number of nitrogens with zero attached hydrogens (tertiary/aromatic N) is 1. The average molecular weight is 526 g/mol. The minimum Gasteiger partial charge on any atom is -0.384 e. The Morgan fingerprint density at radius 2 is 1.65 bits per heavy atom. The molecule has 3 atom stereocenters. The van der Waals surface area contributed by atoms with Crippen LogP contribution in [-0.2, 0) is 10.4 Å². The molecule has 37 heavy (non-hydrogen) atoms. The van der Waals surface area contributed by atoms with Crippen LogP contribution >= 0.6 is 11.6 Å². The summed E-state index contributed by atoms with van der Waals surface area (Å²) in [5.41, 5.74) is -0.0526. The first-order valence-electron chi connectivity index (χ1n) is 13.0. The summed E-state index contributed by atoms with van der Waals surface area (Å²) in [7, 11) is 1.55. The molecule has 2 aromatic carbocycles. The van der Waals surface area contributed by atoms with Crippen LogP contribution in [0, 0.1) is 11.3 Å². The quantitative estimate of drug-likeness (QED) is 0.546. The zero-order valence-corrected chi connectivity index (χ0v) is 22.5. The highest BCUT2D eigenvalue weighted by Crippen LogP contribution is 2.46. The van der Waals surface area contributed by atoms with Crippen LogP contribution in [0.25, 0.3) is 0 Å².